The maximum Gasteiger partial charge on any atom is 0.408 e. The van der Waals surface area contributed by atoms with Crippen molar-refractivity contribution in [3.05, 3.63) is 138 Å². The maximum atomic E-state index is 13.8. The van der Waals surface area contributed by atoms with Gasteiger partial charge in [0.05, 0.1) is 6.04 Å². The summed E-state index contributed by atoms with van der Waals surface area (Å²) < 4.78 is 10.8. The molecule has 5 rings (SSSR count). The number of oxazole rings is 1. The molecule has 0 saturated carbocycles. The van der Waals surface area contributed by atoms with Gasteiger partial charge in [-0.25, -0.2) is 9.78 Å². The highest BCUT2D eigenvalue weighted by molar-refractivity contribution is 6.01. The van der Waals surface area contributed by atoms with Gasteiger partial charge < -0.3 is 25.1 Å². The van der Waals surface area contributed by atoms with E-state index in [9.17, 15) is 19.2 Å². The fourth-order valence-electron chi connectivity index (χ4n) is 5.46. The lowest BCUT2D eigenvalue weighted by atomic mass is 9.99. The summed E-state index contributed by atoms with van der Waals surface area (Å²) >= 11 is 0. The van der Waals surface area contributed by atoms with Crippen molar-refractivity contribution in [3.63, 3.8) is 0 Å². The normalized spacial score (nSPS) is 12.2. The quantitative estimate of drug-likeness (QED) is 0.110. The fourth-order valence-corrected chi connectivity index (χ4v) is 5.46. The molecule has 10 nitrogen and oxygen atoms in total. The number of carbonyl (C=O) groups is 4. The second-order valence-electron chi connectivity index (χ2n) is 12.2. The van der Waals surface area contributed by atoms with Crippen LogP contribution in [-0.2, 0) is 29.1 Å². The third-order valence-electron chi connectivity index (χ3n) is 7.99. The van der Waals surface area contributed by atoms with Crippen LogP contribution in [0.2, 0.25) is 0 Å². The fraction of sp³-hybridized carbons (Fsp3) is 0.256. The topological polar surface area (TPSA) is 140 Å². The number of carbonyl (C=O) groups excluding carboxylic acids is 4. The Balaban J connectivity index is 1.27. The Morgan fingerprint density at radius 3 is 2.18 bits per heavy atom. The zero-order chi connectivity index (χ0) is 34.6. The van der Waals surface area contributed by atoms with Gasteiger partial charge in [0.2, 0.25) is 11.7 Å². The number of aryl methyl sites for hydroxylation is 1. The smallest absolute Gasteiger partial charge is 0.408 e. The van der Waals surface area contributed by atoms with E-state index >= 15 is 0 Å². The van der Waals surface area contributed by atoms with Crippen LogP contribution >= 0.6 is 0 Å². The highest BCUT2D eigenvalue weighted by Crippen LogP contribution is 2.19. The predicted octanol–water partition coefficient (Wildman–Crippen LogP) is 6.40. The van der Waals surface area contributed by atoms with Crippen LogP contribution in [0.25, 0.3) is 10.8 Å². The average molecular weight is 661 g/mol. The van der Waals surface area contributed by atoms with Crippen molar-refractivity contribution >= 4 is 34.5 Å². The zero-order valence-electron chi connectivity index (χ0n) is 27.6. The molecule has 0 radical (unpaired) electrons. The Morgan fingerprint density at radius 1 is 0.776 bits per heavy atom. The molecule has 2 atom stereocenters. The molecule has 1 heterocycles. The number of ether oxygens (including phenoxy) is 1. The molecule has 0 aliphatic heterocycles. The molecule has 10 heteroatoms. The number of hydrogen-bond acceptors (Lipinski definition) is 7. The van der Waals surface area contributed by atoms with E-state index in [2.05, 4.69) is 20.9 Å². The maximum absolute atomic E-state index is 13.8. The summed E-state index contributed by atoms with van der Waals surface area (Å²) in [6.07, 6.45) is 1.40. The van der Waals surface area contributed by atoms with Crippen LogP contribution in [0.5, 0.6) is 0 Å². The van der Waals surface area contributed by atoms with Crippen LogP contribution in [0.4, 0.5) is 4.79 Å². The van der Waals surface area contributed by atoms with Gasteiger partial charge in [-0.05, 0) is 52.6 Å². The Bertz CT molecular complexity index is 1870. The Hall–Kier alpha value is -5.77. The summed E-state index contributed by atoms with van der Waals surface area (Å²) in [6.45, 7) is 4.15. The van der Waals surface area contributed by atoms with Gasteiger partial charge in [0.25, 0.3) is 11.8 Å². The molecular weight excluding hydrogens is 620 g/mol. The monoisotopic (exact) mass is 660 g/mol. The van der Waals surface area contributed by atoms with Gasteiger partial charge in [-0.15, -0.1) is 0 Å². The highest BCUT2D eigenvalue weighted by Gasteiger charge is 2.31. The lowest BCUT2D eigenvalue weighted by molar-refractivity contribution is -0.124. The summed E-state index contributed by atoms with van der Waals surface area (Å²) in [6, 6.07) is 30.5. The van der Waals surface area contributed by atoms with Gasteiger partial charge in [-0.2, -0.15) is 0 Å². The first-order valence-corrected chi connectivity index (χ1v) is 16.3. The summed E-state index contributed by atoms with van der Waals surface area (Å²) in [4.78, 5) is 57.3. The molecule has 0 spiro atoms. The van der Waals surface area contributed by atoms with Gasteiger partial charge in [0, 0.05) is 6.54 Å². The number of rotatable bonds is 15. The molecule has 252 valence electrons. The number of nitrogens with one attached hydrogen (secondary N) is 3. The van der Waals surface area contributed by atoms with E-state index in [1.807, 2.05) is 117 Å². The van der Waals surface area contributed by atoms with Crippen molar-refractivity contribution in [1.29, 1.82) is 0 Å². The number of ketones is 1. The van der Waals surface area contributed by atoms with Gasteiger partial charge in [0.1, 0.15) is 18.9 Å². The van der Waals surface area contributed by atoms with Crippen molar-refractivity contribution in [3.8, 4) is 0 Å². The molecule has 3 amide bonds. The Morgan fingerprint density at radius 2 is 1.45 bits per heavy atom. The van der Waals surface area contributed by atoms with Crippen molar-refractivity contribution in [2.45, 2.75) is 58.3 Å². The number of benzene rings is 4. The van der Waals surface area contributed by atoms with E-state index in [0.29, 0.717) is 12.8 Å². The van der Waals surface area contributed by atoms with E-state index in [4.69, 9.17) is 9.15 Å². The third kappa shape index (κ3) is 9.87. The van der Waals surface area contributed by atoms with E-state index in [-0.39, 0.29) is 37.1 Å². The molecule has 0 fully saturated rings. The van der Waals surface area contributed by atoms with E-state index in [1.165, 1.54) is 0 Å². The number of Topliss-reactive ketones (excluding diaryl/α,β-unsaturated/α-hetero) is 1. The van der Waals surface area contributed by atoms with Crippen LogP contribution in [0.15, 0.2) is 114 Å². The molecule has 49 heavy (non-hydrogen) atoms. The minimum atomic E-state index is -1.05. The van der Waals surface area contributed by atoms with E-state index in [1.54, 1.807) is 0 Å². The van der Waals surface area contributed by atoms with Gasteiger partial charge in [-0.3, -0.25) is 14.4 Å². The van der Waals surface area contributed by atoms with Crippen LogP contribution in [0, 0.1) is 5.92 Å². The molecule has 4 aromatic carbocycles. The zero-order valence-corrected chi connectivity index (χ0v) is 27.6. The van der Waals surface area contributed by atoms with Crippen LogP contribution in [-0.4, -0.2) is 40.8 Å². The van der Waals surface area contributed by atoms with Gasteiger partial charge >= 0.3 is 6.09 Å². The predicted molar refractivity (Wildman–Crippen MR) is 186 cm³/mol. The van der Waals surface area contributed by atoms with Crippen LogP contribution < -0.4 is 16.0 Å². The summed E-state index contributed by atoms with van der Waals surface area (Å²) in [5, 5.41) is 10.4. The molecule has 0 aliphatic rings. The summed E-state index contributed by atoms with van der Waals surface area (Å²) in [5.41, 5.74) is 2.65. The Labute approximate surface area is 285 Å². The van der Waals surface area contributed by atoms with Crippen LogP contribution in [0.1, 0.15) is 64.6 Å². The lowest BCUT2D eigenvalue weighted by Crippen LogP contribution is -2.52. The third-order valence-corrected chi connectivity index (χ3v) is 7.99. The number of fused-ring (bicyclic) bond motifs is 1. The highest BCUT2D eigenvalue weighted by atomic mass is 16.5. The first-order valence-electron chi connectivity index (χ1n) is 16.3. The SMILES string of the molecule is CC(C)CC(NC(=O)OCc1ccccc1)C(=O)NC(CCc1ccccc1)C(=O)c1nc(C(=O)NCc2cccc3ccccc23)co1. The van der Waals surface area contributed by atoms with Crippen LogP contribution in [0.3, 0.4) is 0 Å². The van der Waals surface area contributed by atoms with E-state index in [0.717, 1.165) is 33.7 Å². The minimum absolute atomic E-state index is 0.0445. The van der Waals surface area contributed by atoms with Crippen molar-refractivity contribution in [1.82, 2.24) is 20.9 Å². The second kappa shape index (κ2) is 16.9. The number of aromatic nitrogens is 1. The Kier molecular flexibility index (Phi) is 11.9. The minimum Gasteiger partial charge on any atom is -0.445 e. The van der Waals surface area contributed by atoms with E-state index < -0.39 is 35.8 Å². The molecule has 0 saturated heterocycles. The number of alkyl carbamates (subject to hydrolysis) is 1. The summed E-state index contributed by atoms with van der Waals surface area (Å²) in [5.74, 6) is -1.89. The summed E-state index contributed by atoms with van der Waals surface area (Å²) in [7, 11) is 0. The number of hydrogen-bond donors (Lipinski definition) is 3. The first-order chi connectivity index (χ1) is 23.8. The van der Waals surface area contributed by atoms with Crippen molar-refractivity contribution in [2.75, 3.05) is 0 Å². The number of amides is 3. The average Bonchev–Trinajstić information content (AvgIpc) is 3.62. The van der Waals surface area contributed by atoms with Gasteiger partial charge in [0.15, 0.2) is 5.69 Å². The lowest BCUT2D eigenvalue weighted by Gasteiger charge is -2.23. The molecule has 3 N–H and O–H groups in total. The second-order valence-corrected chi connectivity index (χ2v) is 12.2. The molecule has 1 aromatic heterocycles. The first kappa shape index (κ1) is 34.6. The van der Waals surface area contributed by atoms with Crippen molar-refractivity contribution in [2.24, 2.45) is 5.92 Å². The number of nitrogens with zero attached hydrogens (tertiary/aromatic N) is 1. The standard InChI is InChI=1S/C39H40N4O6/c1-26(2)22-33(43-39(47)49-24-28-14-7-4-8-15-28)37(46)41-32(21-20-27-12-5-3-6-13-27)35(44)38-42-34(25-48-38)36(45)40-23-30-18-11-17-29-16-9-10-19-31(29)30/h3-19,25-26,32-33H,20-24H2,1-2H3,(H,40,45)(H,41,46)(H,43,47). The van der Waals surface area contributed by atoms with Gasteiger partial charge in [-0.1, -0.05) is 117 Å². The molecular formula is C39H40N4O6. The molecule has 0 aliphatic carbocycles. The molecule has 5 aromatic rings. The molecule has 2 unspecified atom stereocenters. The molecule has 0 bridgehead atoms. The van der Waals surface area contributed by atoms with Crippen molar-refractivity contribution < 1.29 is 28.3 Å². The largest absolute Gasteiger partial charge is 0.445 e.